The van der Waals surface area contributed by atoms with E-state index in [1.165, 1.54) is 22.2 Å². The van der Waals surface area contributed by atoms with Crippen LogP contribution in [0.15, 0.2) is 54.6 Å². The fourth-order valence-corrected chi connectivity index (χ4v) is 8.82. The van der Waals surface area contributed by atoms with Gasteiger partial charge in [-0.3, -0.25) is 0 Å². The first-order valence-corrected chi connectivity index (χ1v) is 12.6. The second kappa shape index (κ2) is 6.89. The average molecular weight is 395 g/mol. The van der Waals surface area contributed by atoms with E-state index < -0.39 is 4.71 Å². The van der Waals surface area contributed by atoms with Gasteiger partial charge in [0.05, 0.1) is 0 Å². The third kappa shape index (κ3) is 3.84. The van der Waals surface area contributed by atoms with Crippen LogP contribution in [0.1, 0.15) is 36.7 Å². The fraction of sp³-hybridized carbons (Fsp3) is 0.278. The first-order valence-electron chi connectivity index (χ1n) is 7.20. The predicted molar refractivity (Wildman–Crippen MR) is 102 cm³/mol. The molecule has 0 saturated carbocycles. The minimum atomic E-state index is -1.80. The number of hydrogen-bond acceptors (Lipinski definition) is 2. The van der Waals surface area contributed by atoms with Crippen LogP contribution < -0.4 is 5.30 Å². The summed E-state index contributed by atoms with van der Waals surface area (Å²) < 4.78 is -1.80. The van der Waals surface area contributed by atoms with Crippen molar-refractivity contribution in [1.82, 2.24) is 0 Å². The summed E-state index contributed by atoms with van der Waals surface area (Å²) in [6, 6.07) is 18.2. The van der Waals surface area contributed by atoms with Crippen LogP contribution in [0.3, 0.4) is 0 Å². The molecule has 116 valence electrons. The zero-order valence-electron chi connectivity index (χ0n) is 13.4. The second-order valence-electron chi connectivity index (χ2n) is 6.30. The molecular formula is C18H21OPSSe. The number of aryl methyl sites for hydroxylation is 1. The maximum atomic E-state index is 12.8. The van der Waals surface area contributed by atoms with Crippen LogP contribution in [-0.4, -0.2) is 25.4 Å². The topological polar surface area (TPSA) is 17.1 Å². The second-order valence-corrected chi connectivity index (χ2v) is 17.0. The summed E-state index contributed by atoms with van der Waals surface area (Å²) in [7, 11) is 0. The number of rotatable bonds is 3. The molecule has 0 aromatic heterocycles. The van der Waals surface area contributed by atoms with Crippen molar-refractivity contribution in [3.63, 3.8) is 0 Å². The van der Waals surface area contributed by atoms with Gasteiger partial charge in [0.15, 0.2) is 0 Å². The molecule has 2 aromatic carbocycles. The predicted octanol–water partition coefficient (Wildman–Crippen LogP) is 5.01. The molecule has 0 aliphatic carbocycles. The van der Waals surface area contributed by atoms with Crippen LogP contribution in [0.2, 0.25) is 0 Å². The third-order valence-corrected chi connectivity index (χ3v) is 16.6. The first-order chi connectivity index (χ1) is 10.2. The van der Waals surface area contributed by atoms with E-state index >= 15 is 0 Å². The van der Waals surface area contributed by atoms with Crippen LogP contribution in [0.4, 0.5) is 0 Å². The van der Waals surface area contributed by atoms with E-state index in [0.717, 1.165) is 5.56 Å². The minimum absolute atomic E-state index is 0.0133. The van der Waals surface area contributed by atoms with Crippen molar-refractivity contribution < 1.29 is 4.79 Å². The summed E-state index contributed by atoms with van der Waals surface area (Å²) in [4.78, 5) is 12.8. The molecule has 0 N–H and O–H groups in total. The van der Waals surface area contributed by atoms with E-state index in [1.807, 2.05) is 49.4 Å². The molecule has 0 amide bonds. The van der Waals surface area contributed by atoms with Gasteiger partial charge in [-0.05, 0) is 0 Å². The van der Waals surface area contributed by atoms with Gasteiger partial charge < -0.3 is 0 Å². The van der Waals surface area contributed by atoms with Gasteiger partial charge in [-0.1, -0.05) is 0 Å². The van der Waals surface area contributed by atoms with Crippen molar-refractivity contribution in [2.75, 3.05) is 0 Å². The van der Waals surface area contributed by atoms with E-state index in [2.05, 4.69) is 48.0 Å². The van der Waals surface area contributed by atoms with Crippen LogP contribution in [0.5, 0.6) is 0 Å². The SMILES string of the molecule is Cc1ccc(C(=O)SP(=[Se])(c2ccccc2)C(C)(C)C)cc1. The Morgan fingerprint density at radius 3 is 2.05 bits per heavy atom. The Morgan fingerprint density at radius 1 is 1.00 bits per heavy atom. The zero-order valence-corrected chi connectivity index (χ0v) is 16.8. The van der Waals surface area contributed by atoms with Crippen LogP contribution >= 0.6 is 16.1 Å². The molecule has 2 rings (SSSR count). The molecule has 1 nitrogen and oxygen atoms in total. The van der Waals surface area contributed by atoms with E-state index in [4.69, 9.17) is 0 Å². The van der Waals surface area contributed by atoms with Gasteiger partial charge >= 0.3 is 145 Å². The first kappa shape index (κ1) is 17.8. The Labute approximate surface area is 144 Å². The van der Waals surface area contributed by atoms with Crippen molar-refractivity contribution in [1.29, 1.82) is 0 Å². The number of carbonyl (C=O) groups excluding carboxylic acids is 1. The van der Waals surface area contributed by atoms with E-state index in [-0.39, 0.29) is 10.3 Å². The Balaban J connectivity index is 2.38. The van der Waals surface area contributed by atoms with Crippen molar-refractivity contribution in [3.8, 4) is 0 Å². The van der Waals surface area contributed by atoms with Crippen molar-refractivity contribution in [2.24, 2.45) is 0 Å². The van der Waals surface area contributed by atoms with Crippen molar-refractivity contribution in [3.05, 3.63) is 65.7 Å². The molecule has 0 saturated heterocycles. The Bertz CT molecular complexity index is 702. The molecule has 0 fully saturated rings. The third-order valence-electron chi connectivity index (χ3n) is 3.48. The molecule has 0 bridgehead atoms. The molecule has 1 unspecified atom stereocenters. The average Bonchev–Trinajstić information content (AvgIpc) is 2.47. The molecule has 22 heavy (non-hydrogen) atoms. The van der Waals surface area contributed by atoms with Crippen LogP contribution in [0.25, 0.3) is 0 Å². The number of hydrogen-bond donors (Lipinski definition) is 0. The molecule has 0 spiro atoms. The van der Waals surface area contributed by atoms with Gasteiger partial charge in [0.25, 0.3) is 0 Å². The van der Waals surface area contributed by atoms with Gasteiger partial charge in [0, 0.05) is 0 Å². The zero-order chi connectivity index (χ0) is 16.4. The summed E-state index contributed by atoms with van der Waals surface area (Å²) in [5.41, 5.74) is 1.94. The van der Waals surface area contributed by atoms with Gasteiger partial charge in [-0.15, -0.1) is 0 Å². The molecule has 4 heteroatoms. The van der Waals surface area contributed by atoms with Crippen molar-refractivity contribution >= 4 is 41.6 Å². The van der Waals surface area contributed by atoms with Gasteiger partial charge in [-0.25, -0.2) is 0 Å². The van der Waals surface area contributed by atoms with Gasteiger partial charge in [0.1, 0.15) is 0 Å². The molecule has 0 heterocycles. The summed E-state index contributed by atoms with van der Waals surface area (Å²) in [6.45, 7) is 8.66. The summed E-state index contributed by atoms with van der Waals surface area (Å²) >= 11 is 4.89. The van der Waals surface area contributed by atoms with Crippen LogP contribution in [-0.2, 0) is 0 Å². The molecular weight excluding hydrogens is 374 g/mol. The monoisotopic (exact) mass is 396 g/mol. The van der Waals surface area contributed by atoms with E-state index in [9.17, 15) is 4.79 Å². The number of carbonyl (C=O) groups is 1. The normalized spacial score (nSPS) is 14.4. The van der Waals surface area contributed by atoms with E-state index in [1.54, 1.807) is 0 Å². The Hall–Kier alpha value is -0.591. The Kier molecular flexibility index (Phi) is 5.56. The standard InChI is InChI=1S/C18H21OPSSe/c1-14-10-12-15(13-11-14)17(19)21-20(22,18(2,3)4)16-8-6-5-7-9-16/h5-13H,1-4H3. The summed E-state index contributed by atoms with van der Waals surface area (Å²) in [5, 5.41) is 1.40. The van der Waals surface area contributed by atoms with E-state index in [0.29, 0.717) is 0 Å². The molecule has 1 atom stereocenters. The summed E-state index contributed by atoms with van der Waals surface area (Å²) in [5.74, 6) is 0. The fourth-order valence-electron chi connectivity index (χ4n) is 2.06. The molecule has 0 aliphatic heterocycles. The summed E-state index contributed by atoms with van der Waals surface area (Å²) in [6.07, 6.45) is 0. The van der Waals surface area contributed by atoms with Crippen molar-refractivity contribution in [2.45, 2.75) is 32.9 Å². The molecule has 0 aliphatic rings. The maximum absolute atomic E-state index is 12.8. The van der Waals surface area contributed by atoms with Gasteiger partial charge in [-0.2, -0.15) is 0 Å². The number of benzene rings is 2. The Morgan fingerprint density at radius 2 is 1.55 bits per heavy atom. The van der Waals surface area contributed by atoms with Gasteiger partial charge in [0.2, 0.25) is 0 Å². The quantitative estimate of drug-likeness (QED) is 0.537. The molecule has 0 radical (unpaired) electrons. The van der Waals surface area contributed by atoms with Crippen LogP contribution in [0, 0.1) is 6.92 Å². The molecule has 2 aromatic rings.